The second-order valence-corrected chi connectivity index (χ2v) is 7.44. The summed E-state index contributed by atoms with van der Waals surface area (Å²) >= 11 is 0. The van der Waals surface area contributed by atoms with Gasteiger partial charge in [-0.1, -0.05) is 44.8 Å². The maximum absolute atomic E-state index is 11.3. The van der Waals surface area contributed by atoms with Crippen LogP contribution in [0.4, 0.5) is 0 Å². The fourth-order valence-corrected chi connectivity index (χ4v) is 3.18. The summed E-state index contributed by atoms with van der Waals surface area (Å²) < 4.78 is 0. The van der Waals surface area contributed by atoms with Crippen LogP contribution in [-0.4, -0.2) is 50.6 Å². The van der Waals surface area contributed by atoms with Gasteiger partial charge in [-0.15, -0.1) is 0 Å². The van der Waals surface area contributed by atoms with Crippen LogP contribution in [0.25, 0.3) is 0 Å². The zero-order valence-corrected chi connectivity index (χ0v) is 17.4. The van der Waals surface area contributed by atoms with Crippen LogP contribution in [0.5, 0.6) is 0 Å². The molecule has 0 aliphatic heterocycles. The first-order valence-corrected chi connectivity index (χ1v) is 10.6. The molecule has 0 aliphatic rings. The molecule has 0 aromatic rings. The van der Waals surface area contributed by atoms with Gasteiger partial charge >= 0.3 is 0 Å². The number of aliphatic hydroxyl groups excluding tert-OH is 2. The van der Waals surface area contributed by atoms with Crippen LogP contribution in [0.2, 0.25) is 0 Å². The second-order valence-electron chi connectivity index (χ2n) is 7.44. The topological polar surface area (TPSA) is 144 Å². The zero-order valence-electron chi connectivity index (χ0n) is 17.4. The number of unbranched alkanes of at least 4 members (excludes halogenated alkanes) is 7. The number of nitro groups is 2. The van der Waals surface area contributed by atoms with Gasteiger partial charge in [-0.25, -0.2) is 0 Å². The molecular formula is C20H36N2O7. The summed E-state index contributed by atoms with van der Waals surface area (Å²) in [5.41, 5.74) is 0. The summed E-state index contributed by atoms with van der Waals surface area (Å²) in [4.78, 5) is 31.6. The molecule has 0 heterocycles. The Hall–Kier alpha value is -1.87. The Bertz CT molecular complexity index is 499. The molecule has 0 saturated heterocycles. The molecule has 0 bridgehead atoms. The smallest absolute Gasteiger partial charge is 0.241 e. The lowest BCUT2D eigenvalue weighted by Gasteiger charge is -2.20. The Balaban J connectivity index is 4.60. The summed E-state index contributed by atoms with van der Waals surface area (Å²) in [7, 11) is 0. The lowest BCUT2D eigenvalue weighted by Crippen LogP contribution is -2.42. The summed E-state index contributed by atoms with van der Waals surface area (Å²) in [5.74, 6) is 0. The number of aldehydes is 1. The van der Waals surface area contributed by atoms with Crippen molar-refractivity contribution in [2.75, 3.05) is 0 Å². The molecule has 4 unspecified atom stereocenters. The molecular weight excluding hydrogens is 380 g/mol. The van der Waals surface area contributed by atoms with Crippen molar-refractivity contribution in [3.8, 4) is 0 Å². The molecule has 9 nitrogen and oxygen atoms in total. The van der Waals surface area contributed by atoms with E-state index in [4.69, 9.17) is 0 Å². The third-order valence-electron chi connectivity index (χ3n) is 5.00. The first kappa shape index (κ1) is 27.1. The van der Waals surface area contributed by atoms with Gasteiger partial charge in [-0.05, 0) is 32.1 Å². The third-order valence-corrected chi connectivity index (χ3v) is 5.00. The average Bonchev–Trinajstić information content (AvgIpc) is 2.67. The van der Waals surface area contributed by atoms with Crippen molar-refractivity contribution in [1.82, 2.24) is 0 Å². The van der Waals surface area contributed by atoms with E-state index in [1.807, 2.05) is 6.08 Å². The van der Waals surface area contributed by atoms with Crippen molar-refractivity contribution < 1.29 is 24.9 Å². The molecule has 0 saturated carbocycles. The number of aliphatic hydroxyl groups is 2. The van der Waals surface area contributed by atoms with Gasteiger partial charge in [-0.2, -0.15) is 0 Å². The summed E-state index contributed by atoms with van der Waals surface area (Å²) in [5, 5.41) is 43.0. The van der Waals surface area contributed by atoms with E-state index in [0.29, 0.717) is 19.3 Å². The standard InChI is InChI=1S/C20H36N2O7/c1-2-3-4-5-8-11-14-19(24)18(22(28)29)16-20(25)17(21(26)27)13-10-7-6-9-12-15-23/h8,11,15,17-20,24-25H,2-7,9-10,12-14,16H2,1H3/b11-8-. The van der Waals surface area contributed by atoms with Crippen LogP contribution < -0.4 is 0 Å². The summed E-state index contributed by atoms with van der Waals surface area (Å²) in [6.45, 7) is 2.09. The number of allylic oxidation sites excluding steroid dienone is 1. The van der Waals surface area contributed by atoms with Crippen LogP contribution in [0.3, 0.4) is 0 Å². The largest absolute Gasteiger partial charge is 0.386 e. The minimum atomic E-state index is -1.50. The number of carbonyl (C=O) groups is 1. The van der Waals surface area contributed by atoms with Crippen molar-refractivity contribution in [3.63, 3.8) is 0 Å². The maximum Gasteiger partial charge on any atom is 0.241 e. The molecule has 0 spiro atoms. The predicted molar refractivity (Wildman–Crippen MR) is 110 cm³/mol. The molecule has 0 aliphatic carbocycles. The zero-order chi connectivity index (χ0) is 22.1. The monoisotopic (exact) mass is 416 g/mol. The number of nitrogens with zero attached hydrogens (tertiary/aromatic N) is 2. The van der Waals surface area contributed by atoms with E-state index in [0.717, 1.165) is 44.8 Å². The van der Waals surface area contributed by atoms with E-state index < -0.39 is 40.6 Å². The van der Waals surface area contributed by atoms with Crippen molar-refractivity contribution in [3.05, 3.63) is 32.4 Å². The molecule has 168 valence electrons. The molecule has 2 N–H and O–H groups in total. The number of hydrogen-bond acceptors (Lipinski definition) is 7. The Labute approximate surface area is 172 Å². The van der Waals surface area contributed by atoms with Gasteiger partial charge in [0.2, 0.25) is 12.1 Å². The van der Waals surface area contributed by atoms with E-state index >= 15 is 0 Å². The van der Waals surface area contributed by atoms with E-state index in [1.165, 1.54) is 0 Å². The summed E-state index contributed by atoms with van der Waals surface area (Å²) in [6, 6.07) is -2.76. The molecule has 0 aromatic carbocycles. The van der Waals surface area contributed by atoms with Gasteiger partial charge in [0.05, 0.1) is 6.42 Å². The number of rotatable bonds is 19. The highest BCUT2D eigenvalue weighted by molar-refractivity contribution is 5.48. The highest BCUT2D eigenvalue weighted by Gasteiger charge is 2.38. The van der Waals surface area contributed by atoms with Gasteiger partial charge in [0.15, 0.2) is 0 Å². The molecule has 0 aromatic heterocycles. The quantitative estimate of drug-likeness (QED) is 0.108. The van der Waals surface area contributed by atoms with Gasteiger partial charge < -0.3 is 15.0 Å². The Morgan fingerprint density at radius 2 is 1.45 bits per heavy atom. The Kier molecular flexibility index (Phi) is 15.9. The lowest BCUT2D eigenvalue weighted by atomic mass is 9.94. The first-order chi connectivity index (χ1) is 13.8. The Morgan fingerprint density at radius 1 is 0.828 bits per heavy atom. The molecule has 0 fully saturated rings. The normalized spacial score (nSPS) is 15.7. The minimum Gasteiger partial charge on any atom is -0.386 e. The molecule has 0 rings (SSSR count). The highest BCUT2D eigenvalue weighted by atomic mass is 16.6. The van der Waals surface area contributed by atoms with Crippen LogP contribution in [-0.2, 0) is 4.79 Å². The van der Waals surface area contributed by atoms with E-state index in [1.54, 1.807) is 6.08 Å². The predicted octanol–water partition coefficient (Wildman–Crippen LogP) is 3.46. The lowest BCUT2D eigenvalue weighted by molar-refractivity contribution is -0.554. The van der Waals surface area contributed by atoms with Crippen molar-refractivity contribution >= 4 is 6.29 Å². The van der Waals surface area contributed by atoms with E-state index in [-0.39, 0.29) is 12.8 Å². The van der Waals surface area contributed by atoms with E-state index in [2.05, 4.69) is 6.92 Å². The van der Waals surface area contributed by atoms with Gasteiger partial charge in [0.1, 0.15) is 18.5 Å². The van der Waals surface area contributed by atoms with Crippen molar-refractivity contribution in [1.29, 1.82) is 0 Å². The minimum absolute atomic E-state index is 0.0738. The maximum atomic E-state index is 11.3. The van der Waals surface area contributed by atoms with Crippen LogP contribution in [0, 0.1) is 20.2 Å². The first-order valence-electron chi connectivity index (χ1n) is 10.6. The highest BCUT2D eigenvalue weighted by Crippen LogP contribution is 2.18. The van der Waals surface area contributed by atoms with E-state index in [9.17, 15) is 35.2 Å². The second kappa shape index (κ2) is 17.0. The van der Waals surface area contributed by atoms with Gasteiger partial charge in [0.25, 0.3) is 0 Å². The van der Waals surface area contributed by atoms with Crippen LogP contribution in [0.15, 0.2) is 12.2 Å². The molecule has 29 heavy (non-hydrogen) atoms. The Morgan fingerprint density at radius 3 is 2.03 bits per heavy atom. The molecule has 9 heteroatoms. The third kappa shape index (κ3) is 13.1. The molecule has 0 radical (unpaired) electrons. The van der Waals surface area contributed by atoms with Gasteiger partial charge in [0, 0.05) is 22.7 Å². The molecule has 0 amide bonds. The fraction of sp³-hybridized carbons (Fsp3) is 0.850. The van der Waals surface area contributed by atoms with Crippen molar-refractivity contribution in [2.45, 2.75) is 108 Å². The number of hydrogen-bond donors (Lipinski definition) is 2. The van der Waals surface area contributed by atoms with Crippen LogP contribution in [0.1, 0.15) is 84.0 Å². The average molecular weight is 417 g/mol. The van der Waals surface area contributed by atoms with Crippen LogP contribution >= 0.6 is 0 Å². The summed E-state index contributed by atoms with van der Waals surface area (Å²) in [6.07, 6.45) is 8.45. The van der Waals surface area contributed by atoms with Crippen molar-refractivity contribution in [2.24, 2.45) is 0 Å². The fourth-order valence-electron chi connectivity index (χ4n) is 3.18. The molecule has 4 atom stereocenters. The SMILES string of the molecule is CCCCC/C=C\CC(O)C(CC(O)C(CCCCCCC=O)[N+](=O)[O-])[N+](=O)[O-]. The number of carbonyl (C=O) groups excluding carboxylic acids is 1. The van der Waals surface area contributed by atoms with Gasteiger partial charge in [-0.3, -0.25) is 20.2 Å².